The highest BCUT2D eigenvalue weighted by molar-refractivity contribution is 6.26. The molecule has 64 heavy (non-hydrogen) atoms. The largest absolute Gasteiger partial charge is 0.0616 e. The molecule has 0 radical (unpaired) electrons. The first-order valence-electron chi connectivity index (χ1n) is 23.8. The molecule has 0 aliphatic heterocycles. The molecule has 0 N–H and O–H groups in total. The van der Waals surface area contributed by atoms with E-state index in [2.05, 4.69) is 232 Å². The summed E-state index contributed by atoms with van der Waals surface area (Å²) in [5.74, 6) is 0. The Bertz CT molecular complexity index is 3030. The lowest BCUT2D eigenvalue weighted by molar-refractivity contribution is 0.579. The number of hydrogen-bond acceptors (Lipinski definition) is 0. The SMILES string of the molecule is CC(C)(C)c1ccc2c(c1)C(C)(C)c1cc(C(C)(C)C)cc(-c3ccc4c5ccc(-c6cc(C(C)(C)C)cc7c6-c6ccc(C(C)(C)C)cc6C7(C)C)cc5c5ccccc5c4c3)c1-2. The molecule has 10 rings (SSSR count). The van der Waals surface area contributed by atoms with Crippen LogP contribution in [0.1, 0.15) is 155 Å². The van der Waals surface area contributed by atoms with Crippen LogP contribution in [0.4, 0.5) is 0 Å². The van der Waals surface area contributed by atoms with E-state index in [-0.39, 0.29) is 32.5 Å². The molecule has 0 saturated carbocycles. The molecule has 0 unspecified atom stereocenters. The Morgan fingerprint density at radius 3 is 0.953 bits per heavy atom. The van der Waals surface area contributed by atoms with Crippen molar-refractivity contribution in [3.63, 3.8) is 0 Å². The van der Waals surface area contributed by atoms with Crippen LogP contribution in [0.5, 0.6) is 0 Å². The minimum atomic E-state index is -0.112. The smallest absolute Gasteiger partial charge is 0.0159 e. The number of benzene rings is 8. The molecule has 0 amide bonds. The fourth-order valence-corrected chi connectivity index (χ4v) is 11.2. The van der Waals surface area contributed by atoms with Gasteiger partial charge >= 0.3 is 0 Å². The summed E-state index contributed by atoms with van der Waals surface area (Å²) in [5, 5.41) is 7.83. The zero-order valence-electron chi connectivity index (χ0n) is 41.5. The van der Waals surface area contributed by atoms with Crippen LogP contribution in [-0.4, -0.2) is 0 Å². The van der Waals surface area contributed by atoms with Crippen LogP contribution in [0, 0.1) is 0 Å². The molecular formula is C64H68. The van der Waals surface area contributed by atoms with Crippen molar-refractivity contribution in [3.8, 4) is 44.5 Å². The molecule has 0 atom stereocenters. The van der Waals surface area contributed by atoms with Crippen LogP contribution in [-0.2, 0) is 32.5 Å². The van der Waals surface area contributed by atoms with Crippen LogP contribution < -0.4 is 0 Å². The van der Waals surface area contributed by atoms with Gasteiger partial charge in [0, 0.05) is 10.8 Å². The average Bonchev–Trinajstić information content (AvgIpc) is 3.60. The highest BCUT2D eigenvalue weighted by Gasteiger charge is 2.41. The Balaban J connectivity index is 1.20. The number of fused-ring (bicyclic) bond motifs is 12. The second-order valence-electron chi connectivity index (χ2n) is 24.7. The summed E-state index contributed by atoms with van der Waals surface area (Å²) < 4.78 is 0. The molecule has 324 valence electrons. The molecule has 2 aliphatic carbocycles. The summed E-state index contributed by atoms with van der Waals surface area (Å²) in [4.78, 5) is 0. The molecule has 0 saturated heterocycles. The van der Waals surface area contributed by atoms with Gasteiger partial charge in [0.05, 0.1) is 0 Å². The first-order chi connectivity index (χ1) is 29.8. The van der Waals surface area contributed by atoms with E-state index in [1.54, 1.807) is 0 Å². The lowest BCUT2D eigenvalue weighted by atomic mass is 9.76. The highest BCUT2D eigenvalue weighted by atomic mass is 14.4. The van der Waals surface area contributed by atoms with E-state index in [9.17, 15) is 0 Å². The Morgan fingerprint density at radius 1 is 0.281 bits per heavy atom. The second-order valence-corrected chi connectivity index (χ2v) is 24.7. The fraction of sp³-hybridized carbons (Fsp3) is 0.344. The van der Waals surface area contributed by atoms with Gasteiger partial charge in [-0.2, -0.15) is 0 Å². The van der Waals surface area contributed by atoms with E-state index in [1.165, 1.54) is 121 Å². The van der Waals surface area contributed by atoms with Gasteiger partial charge in [0.1, 0.15) is 0 Å². The van der Waals surface area contributed by atoms with E-state index in [4.69, 9.17) is 0 Å². The maximum absolute atomic E-state index is 2.52. The molecule has 8 aromatic rings. The molecule has 8 aromatic carbocycles. The third-order valence-electron chi connectivity index (χ3n) is 15.5. The monoisotopic (exact) mass is 837 g/mol. The van der Waals surface area contributed by atoms with Gasteiger partial charge in [-0.15, -0.1) is 0 Å². The van der Waals surface area contributed by atoms with Gasteiger partial charge in [0.2, 0.25) is 0 Å². The van der Waals surface area contributed by atoms with E-state index < -0.39 is 0 Å². The third-order valence-corrected chi connectivity index (χ3v) is 15.5. The van der Waals surface area contributed by atoms with Gasteiger partial charge in [-0.25, -0.2) is 0 Å². The molecule has 0 heterocycles. The van der Waals surface area contributed by atoms with Crippen LogP contribution in [0.3, 0.4) is 0 Å². The molecule has 0 aromatic heterocycles. The Kier molecular flexibility index (Phi) is 8.99. The van der Waals surface area contributed by atoms with Gasteiger partial charge in [0.15, 0.2) is 0 Å². The van der Waals surface area contributed by atoms with Crippen molar-refractivity contribution in [2.24, 2.45) is 0 Å². The quantitative estimate of drug-likeness (QED) is 0.152. The summed E-state index contributed by atoms with van der Waals surface area (Å²) in [6, 6.07) is 48.4. The predicted octanol–water partition coefficient (Wildman–Crippen LogP) is 18.3. The molecule has 2 aliphatic rings. The van der Waals surface area contributed by atoms with E-state index in [1.807, 2.05) is 0 Å². The molecule has 0 heteroatoms. The second kappa shape index (κ2) is 13.5. The van der Waals surface area contributed by atoms with Crippen molar-refractivity contribution < 1.29 is 0 Å². The third kappa shape index (κ3) is 6.36. The van der Waals surface area contributed by atoms with Crippen molar-refractivity contribution in [3.05, 3.63) is 166 Å². The van der Waals surface area contributed by atoms with Crippen LogP contribution in [0.15, 0.2) is 121 Å². The predicted molar refractivity (Wildman–Crippen MR) is 280 cm³/mol. The Labute approximate surface area is 384 Å². The van der Waals surface area contributed by atoms with Gasteiger partial charge in [-0.05, 0) is 167 Å². The minimum Gasteiger partial charge on any atom is -0.0616 e. The molecule has 0 fully saturated rings. The maximum atomic E-state index is 2.52. The van der Waals surface area contributed by atoms with Crippen molar-refractivity contribution in [1.82, 2.24) is 0 Å². The van der Waals surface area contributed by atoms with Gasteiger partial charge in [0.25, 0.3) is 0 Å². The first kappa shape index (κ1) is 42.5. The zero-order chi connectivity index (χ0) is 45.8. The van der Waals surface area contributed by atoms with Crippen molar-refractivity contribution in [2.75, 3.05) is 0 Å². The Morgan fingerprint density at radius 2 is 0.609 bits per heavy atom. The van der Waals surface area contributed by atoms with Crippen molar-refractivity contribution in [1.29, 1.82) is 0 Å². The number of hydrogen-bond donors (Lipinski definition) is 0. The molecule has 0 nitrogen and oxygen atoms in total. The number of rotatable bonds is 2. The summed E-state index contributed by atoms with van der Waals surface area (Å²) in [6.07, 6.45) is 0. The maximum Gasteiger partial charge on any atom is 0.0159 e. The van der Waals surface area contributed by atoms with E-state index in [0.29, 0.717) is 0 Å². The first-order valence-corrected chi connectivity index (χ1v) is 23.8. The van der Waals surface area contributed by atoms with Gasteiger partial charge in [-0.1, -0.05) is 208 Å². The minimum absolute atomic E-state index is 0.00236. The van der Waals surface area contributed by atoms with Crippen molar-refractivity contribution >= 4 is 32.3 Å². The van der Waals surface area contributed by atoms with Gasteiger partial charge in [-0.3, -0.25) is 0 Å². The normalized spacial score (nSPS) is 15.4. The van der Waals surface area contributed by atoms with E-state index >= 15 is 0 Å². The Hall–Kier alpha value is -5.46. The van der Waals surface area contributed by atoms with Gasteiger partial charge < -0.3 is 0 Å². The lowest BCUT2D eigenvalue weighted by Gasteiger charge is -2.27. The summed E-state index contributed by atoms with van der Waals surface area (Å²) in [5.41, 5.74) is 22.0. The molecular weight excluding hydrogens is 769 g/mol. The highest BCUT2D eigenvalue weighted by Crippen LogP contribution is 2.56. The zero-order valence-corrected chi connectivity index (χ0v) is 41.5. The topological polar surface area (TPSA) is 0 Å². The molecule has 0 spiro atoms. The summed E-state index contributed by atoms with van der Waals surface area (Å²) in [7, 11) is 0. The van der Waals surface area contributed by atoms with E-state index in [0.717, 1.165) is 0 Å². The standard InChI is InChI=1S/C64H68/c1-59(2,3)39-23-27-47-53(33-39)63(13,14)55-35-41(61(7,8)9)31-49(57(47)55)37-21-25-45-46-26-22-38(30-52(46)44-20-18-17-19-43(44)51(45)29-37)50-32-42(62(10,11)12)36-56-58(50)48-28-24-40(60(4,5)6)34-54(48)64(56,15)16/h17-36H,1-16H3. The van der Waals surface area contributed by atoms with Crippen molar-refractivity contribution in [2.45, 2.75) is 143 Å². The average molecular weight is 837 g/mol. The fourth-order valence-electron chi connectivity index (χ4n) is 11.2. The summed E-state index contributed by atoms with van der Waals surface area (Å²) >= 11 is 0. The van der Waals surface area contributed by atoms with Crippen LogP contribution >= 0.6 is 0 Å². The summed E-state index contributed by atoms with van der Waals surface area (Å²) in [6.45, 7) is 37.9. The lowest BCUT2D eigenvalue weighted by Crippen LogP contribution is -2.19. The van der Waals surface area contributed by atoms with Crippen LogP contribution in [0.25, 0.3) is 76.8 Å². The van der Waals surface area contributed by atoms with Crippen LogP contribution in [0.2, 0.25) is 0 Å². The molecule has 0 bridgehead atoms.